The quantitative estimate of drug-likeness (QED) is 0.319. The summed E-state index contributed by atoms with van der Waals surface area (Å²) in [5.74, 6) is -0.407. The lowest BCUT2D eigenvalue weighted by Gasteiger charge is -1.98. The molecular weight excluding hydrogens is 250 g/mol. The first-order valence-corrected chi connectivity index (χ1v) is 5.36. The summed E-state index contributed by atoms with van der Waals surface area (Å²) in [5, 5.41) is 20.4. The van der Waals surface area contributed by atoms with Crippen molar-refractivity contribution in [2.45, 2.75) is 6.42 Å². The van der Waals surface area contributed by atoms with Crippen molar-refractivity contribution in [2.24, 2.45) is 5.73 Å². The molecule has 0 bridgehead atoms. The highest BCUT2D eigenvalue weighted by Crippen LogP contribution is 2.14. The van der Waals surface area contributed by atoms with E-state index in [2.05, 4.69) is 5.10 Å². The molecule has 0 unspecified atom stereocenters. The second kappa shape index (κ2) is 4.77. The summed E-state index contributed by atoms with van der Waals surface area (Å²) < 4.78 is 0.896. The van der Waals surface area contributed by atoms with Gasteiger partial charge in [0.25, 0.3) is 11.2 Å². The van der Waals surface area contributed by atoms with Crippen LogP contribution in [0.2, 0.25) is 0 Å². The van der Waals surface area contributed by atoms with Crippen molar-refractivity contribution in [3.8, 4) is 0 Å². The smallest absolute Gasteiger partial charge is 0.277 e. The van der Waals surface area contributed by atoms with Crippen LogP contribution in [0.15, 0.2) is 35.3 Å². The second-order valence-corrected chi connectivity index (χ2v) is 3.93. The Hall–Kier alpha value is -2.90. The van der Waals surface area contributed by atoms with Crippen molar-refractivity contribution in [1.29, 1.82) is 5.41 Å². The Morgan fingerprint density at radius 1 is 1.53 bits per heavy atom. The lowest BCUT2D eigenvalue weighted by atomic mass is 10.1. The van der Waals surface area contributed by atoms with Crippen LogP contribution in [0.5, 0.6) is 0 Å². The molecule has 8 heteroatoms. The van der Waals surface area contributed by atoms with Gasteiger partial charge in [0.2, 0.25) is 5.96 Å². The minimum Gasteiger partial charge on any atom is -0.368 e. The molecule has 0 aliphatic rings. The first kappa shape index (κ1) is 12.6. The predicted octanol–water partition coefficient (Wildman–Crippen LogP) is 0.417. The highest BCUT2D eigenvalue weighted by Gasteiger charge is 2.11. The van der Waals surface area contributed by atoms with Gasteiger partial charge in [0.15, 0.2) is 0 Å². The van der Waals surface area contributed by atoms with Gasteiger partial charge in [-0.05, 0) is 5.56 Å². The van der Waals surface area contributed by atoms with Crippen molar-refractivity contribution >= 4 is 11.6 Å². The lowest BCUT2D eigenvalue weighted by molar-refractivity contribution is -0.384. The molecule has 0 fully saturated rings. The highest BCUT2D eigenvalue weighted by molar-refractivity contribution is 5.76. The van der Waals surface area contributed by atoms with Gasteiger partial charge in [0, 0.05) is 30.3 Å². The lowest BCUT2D eigenvalue weighted by Crippen LogP contribution is -2.31. The number of nitro groups is 1. The molecule has 4 N–H and O–H groups in total. The molecule has 0 saturated heterocycles. The summed E-state index contributed by atoms with van der Waals surface area (Å²) in [5.41, 5.74) is 5.78. The van der Waals surface area contributed by atoms with Crippen molar-refractivity contribution < 1.29 is 4.92 Å². The second-order valence-electron chi connectivity index (χ2n) is 3.93. The number of rotatable bonds is 3. The number of hydrogen-bond donors (Lipinski definition) is 3. The van der Waals surface area contributed by atoms with Crippen LogP contribution >= 0.6 is 0 Å². The maximum atomic E-state index is 11.8. The van der Waals surface area contributed by atoms with E-state index in [4.69, 9.17) is 11.1 Å². The third kappa shape index (κ3) is 2.51. The molecule has 2 aromatic rings. The molecule has 1 aromatic heterocycles. The van der Waals surface area contributed by atoms with Crippen LogP contribution in [-0.2, 0) is 6.42 Å². The van der Waals surface area contributed by atoms with Gasteiger partial charge in [-0.1, -0.05) is 12.1 Å². The largest absolute Gasteiger partial charge is 0.368 e. The molecular formula is C11H11N5O3. The Morgan fingerprint density at radius 2 is 2.26 bits per heavy atom. The Morgan fingerprint density at radius 3 is 2.84 bits per heavy atom. The van der Waals surface area contributed by atoms with Crippen molar-refractivity contribution in [3.63, 3.8) is 0 Å². The number of nitro benzene ring substituents is 1. The van der Waals surface area contributed by atoms with Gasteiger partial charge < -0.3 is 5.73 Å². The minimum absolute atomic E-state index is 0.0278. The Kier molecular flexibility index (Phi) is 3.15. The van der Waals surface area contributed by atoms with Crippen molar-refractivity contribution in [3.05, 3.63) is 62.1 Å². The van der Waals surface area contributed by atoms with Crippen LogP contribution in [0, 0.1) is 15.5 Å². The van der Waals surface area contributed by atoms with E-state index < -0.39 is 16.4 Å². The SMILES string of the molecule is N=C(N)n1[nH]cc(Cc2cccc([N+](=O)[O-])c2)c1=O. The number of nitrogens with zero attached hydrogens (tertiary/aromatic N) is 2. The van der Waals surface area contributed by atoms with Gasteiger partial charge in [0.05, 0.1) is 4.92 Å². The van der Waals surface area contributed by atoms with Gasteiger partial charge in [-0.15, -0.1) is 0 Å². The first-order valence-electron chi connectivity index (χ1n) is 5.36. The fourth-order valence-electron chi connectivity index (χ4n) is 1.71. The monoisotopic (exact) mass is 261 g/mol. The molecule has 98 valence electrons. The maximum absolute atomic E-state index is 11.8. The number of H-pyrrole nitrogens is 1. The number of aromatic nitrogens is 2. The molecule has 0 amide bonds. The number of hydrogen-bond acceptors (Lipinski definition) is 4. The summed E-state index contributed by atoms with van der Waals surface area (Å²) in [6, 6.07) is 6.04. The Labute approximate surface area is 107 Å². The van der Waals surface area contributed by atoms with E-state index >= 15 is 0 Å². The number of non-ortho nitro benzene ring substituents is 1. The zero-order valence-corrected chi connectivity index (χ0v) is 9.79. The maximum Gasteiger partial charge on any atom is 0.277 e. The van der Waals surface area contributed by atoms with Crippen LogP contribution < -0.4 is 11.3 Å². The average Bonchev–Trinajstić information content (AvgIpc) is 2.71. The average molecular weight is 261 g/mol. The van der Waals surface area contributed by atoms with E-state index in [0.29, 0.717) is 11.1 Å². The van der Waals surface area contributed by atoms with E-state index in [9.17, 15) is 14.9 Å². The van der Waals surface area contributed by atoms with Crippen molar-refractivity contribution in [1.82, 2.24) is 9.78 Å². The normalized spacial score (nSPS) is 10.3. The van der Waals surface area contributed by atoms with E-state index in [0.717, 1.165) is 4.68 Å². The molecule has 2 rings (SSSR count). The van der Waals surface area contributed by atoms with E-state index in [-0.39, 0.29) is 12.1 Å². The fourth-order valence-corrected chi connectivity index (χ4v) is 1.71. The summed E-state index contributed by atoms with van der Waals surface area (Å²) in [4.78, 5) is 22.0. The molecule has 0 atom stereocenters. The third-order valence-corrected chi connectivity index (χ3v) is 2.60. The van der Waals surface area contributed by atoms with Gasteiger partial charge in [-0.3, -0.25) is 25.4 Å². The number of aromatic amines is 1. The molecule has 0 spiro atoms. The van der Waals surface area contributed by atoms with Crippen LogP contribution in [-0.4, -0.2) is 20.7 Å². The summed E-state index contributed by atoms with van der Waals surface area (Å²) >= 11 is 0. The van der Waals surface area contributed by atoms with E-state index in [1.54, 1.807) is 12.1 Å². The third-order valence-electron chi connectivity index (χ3n) is 2.60. The molecule has 0 aliphatic heterocycles. The minimum atomic E-state index is -0.492. The molecule has 8 nitrogen and oxygen atoms in total. The zero-order valence-electron chi connectivity index (χ0n) is 9.79. The van der Waals surface area contributed by atoms with Gasteiger partial charge >= 0.3 is 0 Å². The van der Waals surface area contributed by atoms with Crippen LogP contribution in [0.3, 0.4) is 0 Å². The molecule has 19 heavy (non-hydrogen) atoms. The Balaban J connectivity index is 2.31. The molecule has 0 aliphatic carbocycles. The summed E-state index contributed by atoms with van der Waals surface area (Å²) in [7, 11) is 0. The topological polar surface area (TPSA) is 131 Å². The fraction of sp³-hybridized carbons (Fsp3) is 0.0909. The predicted molar refractivity (Wildman–Crippen MR) is 68.3 cm³/mol. The van der Waals surface area contributed by atoms with E-state index in [1.807, 2.05) is 0 Å². The standard InChI is InChI=1S/C11H11N5O3/c12-11(13)15-10(17)8(6-14-15)4-7-2-1-3-9(5-7)16(18)19/h1-3,5-6,14H,4H2,(H3,12,13). The Bertz CT molecular complexity index is 700. The van der Waals surface area contributed by atoms with Crippen LogP contribution in [0.25, 0.3) is 0 Å². The summed E-state index contributed by atoms with van der Waals surface area (Å²) in [6.07, 6.45) is 1.67. The number of benzene rings is 1. The number of nitrogens with two attached hydrogens (primary N) is 1. The molecule has 0 saturated carbocycles. The summed E-state index contributed by atoms with van der Waals surface area (Å²) in [6.45, 7) is 0. The number of nitrogen functional groups attached to an aromatic ring is 1. The molecule has 1 heterocycles. The van der Waals surface area contributed by atoms with Gasteiger partial charge in [-0.25, -0.2) is 0 Å². The highest BCUT2D eigenvalue weighted by atomic mass is 16.6. The van der Waals surface area contributed by atoms with Crippen LogP contribution in [0.1, 0.15) is 11.1 Å². The molecule has 0 radical (unpaired) electrons. The zero-order chi connectivity index (χ0) is 14.0. The van der Waals surface area contributed by atoms with Crippen LogP contribution in [0.4, 0.5) is 5.69 Å². The van der Waals surface area contributed by atoms with Gasteiger partial charge in [-0.2, -0.15) is 4.68 Å². The van der Waals surface area contributed by atoms with Crippen molar-refractivity contribution in [2.75, 3.05) is 0 Å². The first-order chi connectivity index (χ1) is 8.99. The number of nitrogens with one attached hydrogen (secondary N) is 2. The van der Waals surface area contributed by atoms with E-state index in [1.165, 1.54) is 18.3 Å². The van der Waals surface area contributed by atoms with Gasteiger partial charge in [0.1, 0.15) is 0 Å². The molecule has 1 aromatic carbocycles.